The van der Waals surface area contributed by atoms with Gasteiger partial charge in [0.25, 0.3) is 5.56 Å². The van der Waals surface area contributed by atoms with E-state index in [1.54, 1.807) is 36.7 Å². The van der Waals surface area contributed by atoms with Crippen LogP contribution in [0.3, 0.4) is 0 Å². The summed E-state index contributed by atoms with van der Waals surface area (Å²) in [5, 5.41) is 9.68. The van der Waals surface area contributed by atoms with Crippen molar-refractivity contribution in [2.75, 3.05) is 0 Å². The van der Waals surface area contributed by atoms with Crippen molar-refractivity contribution < 1.29 is 5.11 Å². The van der Waals surface area contributed by atoms with Crippen LogP contribution >= 0.6 is 0 Å². The Morgan fingerprint density at radius 2 is 2.15 bits per heavy atom. The third kappa shape index (κ3) is 1.98. The molecule has 0 aromatic carbocycles. The minimum Gasteiger partial charge on any atom is -0.386 e. The largest absolute Gasteiger partial charge is 0.386 e. The third-order valence-electron chi connectivity index (χ3n) is 2.02. The molecule has 0 spiro atoms. The van der Waals surface area contributed by atoms with E-state index in [-0.39, 0.29) is 5.56 Å². The molecule has 1 aromatic rings. The average Bonchev–Trinajstić information content (AvgIpc) is 2.02. The van der Waals surface area contributed by atoms with Crippen molar-refractivity contribution in [2.24, 2.45) is 0 Å². The van der Waals surface area contributed by atoms with Crippen molar-refractivity contribution in [3.8, 4) is 0 Å². The first-order chi connectivity index (χ1) is 5.96. The van der Waals surface area contributed by atoms with E-state index in [4.69, 9.17) is 0 Å². The van der Waals surface area contributed by atoms with Crippen molar-refractivity contribution >= 4 is 0 Å². The molecule has 72 valence electrons. The Morgan fingerprint density at radius 1 is 1.54 bits per heavy atom. The maximum Gasteiger partial charge on any atom is 0.256 e. The number of rotatable bonds is 2. The smallest absolute Gasteiger partial charge is 0.256 e. The maximum absolute atomic E-state index is 11.6. The minimum absolute atomic E-state index is 0.113. The van der Waals surface area contributed by atoms with Crippen molar-refractivity contribution in [2.45, 2.75) is 32.9 Å². The number of nitrogens with zero attached hydrogens (tertiary/aromatic N) is 1. The molecule has 0 aliphatic rings. The lowest BCUT2D eigenvalue weighted by Gasteiger charge is -2.17. The highest BCUT2D eigenvalue weighted by Gasteiger charge is 2.19. The fourth-order valence-electron chi connectivity index (χ4n) is 1.25. The molecule has 0 atom stereocenters. The molecule has 1 aromatic heterocycles. The summed E-state index contributed by atoms with van der Waals surface area (Å²) in [6.45, 7) is 5.76. The molecule has 0 amide bonds. The first kappa shape index (κ1) is 9.99. The zero-order valence-corrected chi connectivity index (χ0v) is 8.24. The van der Waals surface area contributed by atoms with Gasteiger partial charge in [-0.15, -0.1) is 0 Å². The molecule has 0 unspecified atom stereocenters. The average molecular weight is 181 g/mol. The van der Waals surface area contributed by atoms with E-state index in [2.05, 4.69) is 0 Å². The molecular weight excluding hydrogens is 166 g/mol. The quantitative estimate of drug-likeness (QED) is 0.742. The number of aliphatic hydroxyl groups is 1. The van der Waals surface area contributed by atoms with E-state index in [0.29, 0.717) is 12.1 Å². The molecule has 0 fully saturated rings. The Morgan fingerprint density at radius 3 is 2.62 bits per heavy atom. The van der Waals surface area contributed by atoms with Crippen molar-refractivity contribution in [1.29, 1.82) is 0 Å². The molecule has 0 saturated carbocycles. The van der Waals surface area contributed by atoms with Crippen LogP contribution in [0.5, 0.6) is 0 Å². The normalized spacial score (nSPS) is 11.7. The van der Waals surface area contributed by atoms with E-state index in [1.807, 2.05) is 6.92 Å². The molecule has 0 radical (unpaired) electrons. The van der Waals surface area contributed by atoms with Gasteiger partial charge in [0.05, 0.1) is 5.60 Å². The number of pyridine rings is 1. The van der Waals surface area contributed by atoms with Crippen LogP contribution in [0, 0.1) is 0 Å². The second kappa shape index (κ2) is 3.34. The van der Waals surface area contributed by atoms with E-state index >= 15 is 0 Å². The van der Waals surface area contributed by atoms with Crippen LogP contribution in [0.25, 0.3) is 0 Å². The number of hydrogen-bond donors (Lipinski definition) is 1. The van der Waals surface area contributed by atoms with Crippen LogP contribution in [-0.2, 0) is 12.1 Å². The molecule has 1 N–H and O–H groups in total. The third-order valence-corrected chi connectivity index (χ3v) is 2.02. The van der Waals surface area contributed by atoms with Crippen molar-refractivity contribution in [3.63, 3.8) is 0 Å². The number of aromatic nitrogens is 1. The van der Waals surface area contributed by atoms with Crippen LogP contribution in [-0.4, -0.2) is 9.67 Å². The van der Waals surface area contributed by atoms with Gasteiger partial charge in [0.2, 0.25) is 0 Å². The van der Waals surface area contributed by atoms with Gasteiger partial charge in [0.1, 0.15) is 0 Å². The SMILES string of the molecule is CCn1cccc(C(C)(C)O)c1=O. The van der Waals surface area contributed by atoms with Crippen LogP contribution in [0.15, 0.2) is 23.1 Å². The Balaban J connectivity index is 3.33. The fourth-order valence-corrected chi connectivity index (χ4v) is 1.25. The van der Waals surface area contributed by atoms with Gasteiger partial charge in [0, 0.05) is 18.3 Å². The van der Waals surface area contributed by atoms with Crippen molar-refractivity contribution in [3.05, 3.63) is 34.2 Å². The lowest BCUT2D eigenvalue weighted by atomic mass is 10.0. The highest BCUT2D eigenvalue weighted by molar-refractivity contribution is 5.16. The second-order valence-electron chi connectivity index (χ2n) is 3.57. The standard InChI is InChI=1S/C10H15NO2/c1-4-11-7-5-6-8(9(11)12)10(2,3)13/h5-7,13H,4H2,1-3H3. The molecule has 13 heavy (non-hydrogen) atoms. The van der Waals surface area contributed by atoms with E-state index in [9.17, 15) is 9.90 Å². The van der Waals surface area contributed by atoms with Gasteiger partial charge in [-0.25, -0.2) is 0 Å². The summed E-state index contributed by atoms with van der Waals surface area (Å²) in [5.74, 6) is 0. The summed E-state index contributed by atoms with van der Waals surface area (Å²) in [7, 11) is 0. The summed E-state index contributed by atoms with van der Waals surface area (Å²) in [6, 6.07) is 3.44. The first-order valence-corrected chi connectivity index (χ1v) is 4.39. The van der Waals surface area contributed by atoms with Gasteiger partial charge in [-0.3, -0.25) is 4.79 Å². The van der Waals surface area contributed by atoms with Gasteiger partial charge < -0.3 is 9.67 Å². The molecular formula is C10H15NO2. The zero-order valence-electron chi connectivity index (χ0n) is 8.24. The molecule has 0 bridgehead atoms. The van der Waals surface area contributed by atoms with Gasteiger partial charge in [-0.2, -0.15) is 0 Å². The van der Waals surface area contributed by atoms with Crippen LogP contribution in [0.4, 0.5) is 0 Å². The van der Waals surface area contributed by atoms with Gasteiger partial charge in [0.15, 0.2) is 0 Å². The molecule has 3 nitrogen and oxygen atoms in total. The zero-order chi connectivity index (χ0) is 10.1. The van der Waals surface area contributed by atoms with Crippen LogP contribution in [0.1, 0.15) is 26.3 Å². The summed E-state index contributed by atoms with van der Waals surface area (Å²) < 4.78 is 1.58. The first-order valence-electron chi connectivity index (χ1n) is 4.39. The molecule has 0 aliphatic carbocycles. The minimum atomic E-state index is -1.06. The lowest BCUT2D eigenvalue weighted by molar-refractivity contribution is 0.0765. The number of aryl methyl sites for hydroxylation is 1. The highest BCUT2D eigenvalue weighted by Crippen LogP contribution is 2.14. The molecule has 1 heterocycles. The van der Waals surface area contributed by atoms with Crippen molar-refractivity contribution in [1.82, 2.24) is 4.57 Å². The van der Waals surface area contributed by atoms with Crippen LogP contribution in [0.2, 0.25) is 0 Å². The predicted molar refractivity (Wildman–Crippen MR) is 51.6 cm³/mol. The van der Waals surface area contributed by atoms with E-state index < -0.39 is 5.60 Å². The van der Waals surface area contributed by atoms with Gasteiger partial charge in [-0.1, -0.05) is 0 Å². The monoisotopic (exact) mass is 181 g/mol. The predicted octanol–water partition coefficient (Wildman–Crippen LogP) is 1.10. The number of hydrogen-bond acceptors (Lipinski definition) is 2. The Bertz CT molecular complexity index is 347. The fraction of sp³-hybridized carbons (Fsp3) is 0.500. The second-order valence-corrected chi connectivity index (χ2v) is 3.57. The Hall–Kier alpha value is -1.09. The highest BCUT2D eigenvalue weighted by atomic mass is 16.3. The van der Waals surface area contributed by atoms with Gasteiger partial charge >= 0.3 is 0 Å². The summed E-state index contributed by atoms with van der Waals surface area (Å²) >= 11 is 0. The summed E-state index contributed by atoms with van der Waals surface area (Å²) in [5.41, 5.74) is -0.732. The topological polar surface area (TPSA) is 42.2 Å². The van der Waals surface area contributed by atoms with Gasteiger partial charge in [-0.05, 0) is 32.9 Å². The summed E-state index contributed by atoms with van der Waals surface area (Å²) in [6.07, 6.45) is 1.72. The Labute approximate surface area is 77.6 Å². The maximum atomic E-state index is 11.6. The molecule has 0 aliphatic heterocycles. The molecule has 3 heteroatoms. The summed E-state index contributed by atoms with van der Waals surface area (Å²) in [4.78, 5) is 11.6. The van der Waals surface area contributed by atoms with E-state index in [0.717, 1.165) is 0 Å². The van der Waals surface area contributed by atoms with E-state index in [1.165, 1.54) is 0 Å². The Kier molecular flexibility index (Phi) is 2.57. The molecule has 0 saturated heterocycles. The molecule has 1 rings (SSSR count). The van der Waals surface area contributed by atoms with Crippen LogP contribution < -0.4 is 5.56 Å². The lowest BCUT2D eigenvalue weighted by Crippen LogP contribution is -2.31.